The molecule has 3 heterocycles. The molecule has 1 aromatic carbocycles. The van der Waals surface area contributed by atoms with Crippen LogP contribution >= 0.6 is 0 Å². The normalized spacial score (nSPS) is 19.5. The van der Waals surface area contributed by atoms with Crippen LogP contribution in [0.1, 0.15) is 36.0 Å². The lowest BCUT2D eigenvalue weighted by Gasteiger charge is -2.37. The molecule has 1 amide bonds. The third-order valence-corrected chi connectivity index (χ3v) is 5.49. The minimum atomic E-state index is 0.139. The molecule has 28 heavy (non-hydrogen) atoms. The molecule has 3 aromatic rings. The molecule has 2 aromatic heterocycles. The summed E-state index contributed by atoms with van der Waals surface area (Å²) >= 11 is 0. The Kier molecular flexibility index (Phi) is 4.82. The molecule has 0 spiro atoms. The number of carbonyl (C=O) groups excluding carboxylic acids is 1. The second-order valence-corrected chi connectivity index (χ2v) is 7.75. The number of rotatable bonds is 3. The molecule has 1 fully saturated rings. The molecule has 0 N–H and O–H groups in total. The van der Waals surface area contributed by atoms with Gasteiger partial charge in [0.15, 0.2) is 0 Å². The lowest BCUT2D eigenvalue weighted by atomic mass is 9.83. The zero-order valence-electron chi connectivity index (χ0n) is 16.2. The number of piperidine rings is 1. The van der Waals surface area contributed by atoms with Crippen molar-refractivity contribution in [1.29, 1.82) is 5.26 Å². The standard InChI is InChI=1S/C22H23N5O/c1-15-8-18(14-27(12-15)21(28)9-16-11-25-26(2)13-16)19-6-5-17(10-23)22-20(19)4-3-7-24-22/h3-7,11,13,15,18H,8-9,12,14H2,1-2H3/t15-,18+/m1/s1. The van der Waals surface area contributed by atoms with Crippen LogP contribution in [0, 0.1) is 17.2 Å². The van der Waals surface area contributed by atoms with E-state index in [0.29, 0.717) is 24.4 Å². The van der Waals surface area contributed by atoms with Gasteiger partial charge in [-0.1, -0.05) is 19.1 Å². The summed E-state index contributed by atoms with van der Waals surface area (Å²) in [6, 6.07) is 10.1. The second kappa shape index (κ2) is 7.43. The molecule has 0 aliphatic carbocycles. The summed E-state index contributed by atoms with van der Waals surface area (Å²) in [4.78, 5) is 19.3. The number of pyridine rings is 1. The maximum atomic E-state index is 12.9. The van der Waals surface area contributed by atoms with E-state index in [-0.39, 0.29) is 11.8 Å². The van der Waals surface area contributed by atoms with Gasteiger partial charge in [-0.15, -0.1) is 0 Å². The van der Waals surface area contributed by atoms with Gasteiger partial charge in [0, 0.05) is 43.8 Å². The summed E-state index contributed by atoms with van der Waals surface area (Å²) < 4.78 is 1.72. The van der Waals surface area contributed by atoms with Crippen molar-refractivity contribution in [3.63, 3.8) is 0 Å². The van der Waals surface area contributed by atoms with Crippen LogP contribution in [0.4, 0.5) is 0 Å². The highest BCUT2D eigenvalue weighted by atomic mass is 16.2. The number of nitriles is 1. The Morgan fingerprint density at radius 1 is 1.32 bits per heavy atom. The van der Waals surface area contributed by atoms with Crippen molar-refractivity contribution in [3.05, 3.63) is 59.5 Å². The highest BCUT2D eigenvalue weighted by Crippen LogP contribution is 2.35. The fourth-order valence-electron chi connectivity index (χ4n) is 4.27. The van der Waals surface area contributed by atoms with Crippen molar-refractivity contribution in [2.24, 2.45) is 13.0 Å². The second-order valence-electron chi connectivity index (χ2n) is 7.75. The maximum absolute atomic E-state index is 12.9. The van der Waals surface area contributed by atoms with Crippen molar-refractivity contribution in [2.45, 2.75) is 25.7 Å². The van der Waals surface area contributed by atoms with Gasteiger partial charge in [-0.25, -0.2) is 0 Å². The highest BCUT2D eigenvalue weighted by molar-refractivity contribution is 5.87. The number of nitrogens with zero attached hydrogens (tertiary/aromatic N) is 5. The van der Waals surface area contributed by atoms with Gasteiger partial charge in [-0.3, -0.25) is 14.5 Å². The first-order valence-corrected chi connectivity index (χ1v) is 9.58. The molecule has 1 saturated heterocycles. The third kappa shape index (κ3) is 3.48. The van der Waals surface area contributed by atoms with Crippen molar-refractivity contribution < 1.29 is 4.79 Å². The van der Waals surface area contributed by atoms with E-state index in [1.54, 1.807) is 17.1 Å². The molecule has 142 valence electrons. The Hall–Kier alpha value is -3.20. The Balaban J connectivity index is 1.61. The van der Waals surface area contributed by atoms with Crippen LogP contribution in [0.2, 0.25) is 0 Å². The maximum Gasteiger partial charge on any atom is 0.227 e. The van der Waals surface area contributed by atoms with Gasteiger partial charge >= 0.3 is 0 Å². The first kappa shape index (κ1) is 18.2. The molecule has 2 atom stereocenters. The quantitative estimate of drug-likeness (QED) is 0.707. The minimum Gasteiger partial charge on any atom is -0.342 e. The number of aryl methyl sites for hydroxylation is 1. The number of benzene rings is 1. The molecule has 1 aliphatic rings. The SMILES string of the molecule is C[C@@H]1C[C@H](c2ccc(C#N)c3ncccc23)CN(C(=O)Cc2cnn(C)c2)C1. The number of hydrogen-bond acceptors (Lipinski definition) is 4. The molecule has 1 aliphatic heterocycles. The van der Waals surface area contributed by atoms with Gasteiger partial charge < -0.3 is 4.90 Å². The fourth-order valence-corrected chi connectivity index (χ4v) is 4.27. The zero-order valence-corrected chi connectivity index (χ0v) is 16.2. The number of likely N-dealkylation sites (tertiary alicyclic amines) is 1. The van der Waals surface area contributed by atoms with Gasteiger partial charge in [0.2, 0.25) is 5.91 Å². The number of hydrogen-bond donors (Lipinski definition) is 0. The summed E-state index contributed by atoms with van der Waals surface area (Å²) in [5, 5.41) is 14.6. The summed E-state index contributed by atoms with van der Waals surface area (Å²) in [7, 11) is 1.86. The molecule has 6 nitrogen and oxygen atoms in total. The first-order valence-electron chi connectivity index (χ1n) is 9.58. The van der Waals surface area contributed by atoms with Crippen molar-refractivity contribution in [1.82, 2.24) is 19.7 Å². The topological polar surface area (TPSA) is 74.8 Å². The summed E-state index contributed by atoms with van der Waals surface area (Å²) in [5.41, 5.74) is 3.45. The van der Waals surface area contributed by atoms with Crippen molar-refractivity contribution in [2.75, 3.05) is 13.1 Å². The summed E-state index contributed by atoms with van der Waals surface area (Å²) in [6.07, 6.45) is 6.76. The van der Waals surface area contributed by atoms with Gasteiger partial charge in [-0.2, -0.15) is 10.4 Å². The van der Waals surface area contributed by atoms with E-state index in [1.807, 2.05) is 42.4 Å². The molecule has 0 saturated carbocycles. The van der Waals surface area contributed by atoms with E-state index in [0.717, 1.165) is 29.4 Å². The highest BCUT2D eigenvalue weighted by Gasteiger charge is 2.30. The molecule has 4 rings (SSSR count). The minimum absolute atomic E-state index is 0.139. The van der Waals surface area contributed by atoms with E-state index in [9.17, 15) is 10.1 Å². The lowest BCUT2D eigenvalue weighted by molar-refractivity contribution is -0.132. The number of fused-ring (bicyclic) bond motifs is 1. The Bertz CT molecular complexity index is 1060. The molecule has 0 radical (unpaired) electrons. The van der Waals surface area contributed by atoms with Crippen LogP contribution in [0.3, 0.4) is 0 Å². The van der Waals surface area contributed by atoms with Crippen LogP contribution in [-0.2, 0) is 18.3 Å². The Labute approximate surface area is 164 Å². The Morgan fingerprint density at radius 2 is 2.18 bits per heavy atom. The van der Waals surface area contributed by atoms with Gasteiger partial charge in [0.1, 0.15) is 6.07 Å². The smallest absolute Gasteiger partial charge is 0.227 e. The Morgan fingerprint density at radius 3 is 2.93 bits per heavy atom. The predicted molar refractivity (Wildman–Crippen MR) is 106 cm³/mol. The van der Waals surface area contributed by atoms with Crippen LogP contribution < -0.4 is 0 Å². The summed E-state index contributed by atoms with van der Waals surface area (Å²) in [5.74, 6) is 0.792. The number of aromatic nitrogens is 3. The van der Waals surface area contributed by atoms with Crippen LogP contribution in [0.15, 0.2) is 42.9 Å². The summed E-state index contributed by atoms with van der Waals surface area (Å²) in [6.45, 7) is 3.67. The van der Waals surface area contributed by atoms with Crippen LogP contribution in [0.5, 0.6) is 0 Å². The van der Waals surface area contributed by atoms with E-state index >= 15 is 0 Å². The van der Waals surface area contributed by atoms with E-state index < -0.39 is 0 Å². The average Bonchev–Trinajstić information content (AvgIpc) is 3.11. The third-order valence-electron chi connectivity index (χ3n) is 5.49. The largest absolute Gasteiger partial charge is 0.342 e. The molecule has 0 bridgehead atoms. The molecular weight excluding hydrogens is 350 g/mol. The van der Waals surface area contributed by atoms with Crippen LogP contribution in [0.25, 0.3) is 10.9 Å². The average molecular weight is 373 g/mol. The molecule has 6 heteroatoms. The van der Waals surface area contributed by atoms with E-state index in [2.05, 4.69) is 23.1 Å². The predicted octanol–water partition coefficient (Wildman–Crippen LogP) is 3.03. The van der Waals surface area contributed by atoms with Crippen molar-refractivity contribution >= 4 is 16.8 Å². The number of carbonyl (C=O) groups is 1. The van der Waals surface area contributed by atoms with Crippen molar-refractivity contribution in [3.8, 4) is 6.07 Å². The van der Waals surface area contributed by atoms with Crippen LogP contribution in [-0.4, -0.2) is 38.7 Å². The zero-order chi connectivity index (χ0) is 19.7. The molecule has 0 unspecified atom stereocenters. The van der Waals surface area contributed by atoms with Gasteiger partial charge in [0.05, 0.1) is 23.7 Å². The van der Waals surface area contributed by atoms with E-state index in [4.69, 9.17) is 0 Å². The van der Waals surface area contributed by atoms with Gasteiger partial charge in [-0.05, 0) is 35.6 Å². The van der Waals surface area contributed by atoms with E-state index in [1.165, 1.54) is 5.56 Å². The monoisotopic (exact) mass is 373 g/mol. The fraction of sp³-hybridized carbons (Fsp3) is 0.364. The first-order chi connectivity index (χ1) is 13.5. The molecular formula is C22H23N5O. The lowest BCUT2D eigenvalue weighted by Crippen LogP contribution is -2.43. The number of amides is 1. The van der Waals surface area contributed by atoms with Gasteiger partial charge in [0.25, 0.3) is 0 Å².